The molecule has 0 radical (unpaired) electrons. The van der Waals surface area contributed by atoms with Gasteiger partial charge in [0, 0.05) is 6.07 Å². The molecule has 2 heterocycles. The average Bonchev–Trinajstić information content (AvgIpc) is 2.83. The van der Waals surface area contributed by atoms with Crippen molar-refractivity contribution < 1.29 is 4.39 Å². The lowest BCUT2D eigenvalue weighted by molar-refractivity contribution is 0.619. The average molecular weight is 255 g/mol. The monoisotopic (exact) mass is 255 g/mol. The Bertz CT molecular complexity index is 744. The van der Waals surface area contributed by atoms with Crippen molar-refractivity contribution in [1.29, 1.82) is 0 Å². The molecular weight excluding hydrogens is 245 g/mol. The summed E-state index contributed by atoms with van der Waals surface area (Å²) >= 11 is 0. The number of pyridine rings is 1. The summed E-state index contributed by atoms with van der Waals surface area (Å²) < 4.78 is 14.1. The highest BCUT2D eigenvalue weighted by molar-refractivity contribution is 5.58. The normalized spacial score (nSPS) is 10.6. The van der Waals surface area contributed by atoms with Crippen LogP contribution in [0.1, 0.15) is 0 Å². The Morgan fingerprint density at radius 3 is 2.58 bits per heavy atom. The summed E-state index contributed by atoms with van der Waals surface area (Å²) in [6, 6.07) is 13.7. The number of halogens is 1. The molecule has 2 aromatic heterocycles. The van der Waals surface area contributed by atoms with Crippen LogP contribution in [0.25, 0.3) is 17.1 Å². The zero-order chi connectivity index (χ0) is 13.2. The topological polar surface area (TPSA) is 50.7 Å². The lowest BCUT2D eigenvalue weighted by Gasteiger charge is -2.00. The highest BCUT2D eigenvalue weighted by Gasteiger charge is 2.07. The Balaban J connectivity index is 2.08. The van der Waals surface area contributed by atoms with Gasteiger partial charge in [0.1, 0.15) is 5.82 Å². The van der Waals surface area contributed by atoms with Gasteiger partial charge >= 0.3 is 0 Å². The number of nitrogens with one attached hydrogen (secondary N) is 1. The molecule has 0 saturated carbocycles. The van der Waals surface area contributed by atoms with Crippen LogP contribution in [-0.2, 0) is 0 Å². The molecule has 1 aromatic carbocycles. The molecule has 0 unspecified atom stereocenters. The number of hydrogen-bond donors (Lipinski definition) is 1. The third-order valence-electron chi connectivity index (χ3n) is 2.75. The van der Waals surface area contributed by atoms with E-state index in [-0.39, 0.29) is 5.56 Å². The number of nitrogens with zero attached hydrogens (tertiary/aromatic N) is 2. The molecule has 4 nitrogen and oxygen atoms in total. The van der Waals surface area contributed by atoms with Crippen LogP contribution in [0, 0.1) is 5.82 Å². The number of rotatable bonds is 2. The molecule has 0 saturated heterocycles. The van der Waals surface area contributed by atoms with Crippen molar-refractivity contribution in [2.45, 2.75) is 0 Å². The van der Waals surface area contributed by atoms with E-state index in [0.717, 1.165) is 11.8 Å². The summed E-state index contributed by atoms with van der Waals surface area (Å²) in [5, 5.41) is 2.95. The van der Waals surface area contributed by atoms with E-state index in [2.05, 4.69) is 10.1 Å². The Hall–Kier alpha value is -2.69. The second-order valence-electron chi connectivity index (χ2n) is 4.04. The fraction of sp³-hybridized carbons (Fsp3) is 0. The molecule has 19 heavy (non-hydrogen) atoms. The molecule has 0 aliphatic carbocycles. The highest BCUT2D eigenvalue weighted by Crippen LogP contribution is 2.15. The van der Waals surface area contributed by atoms with Gasteiger partial charge in [-0.05, 0) is 17.7 Å². The van der Waals surface area contributed by atoms with Crippen LogP contribution in [0.5, 0.6) is 0 Å². The number of benzene rings is 1. The van der Waals surface area contributed by atoms with E-state index < -0.39 is 5.82 Å². The van der Waals surface area contributed by atoms with E-state index in [9.17, 15) is 9.18 Å². The second-order valence-corrected chi connectivity index (χ2v) is 4.04. The first-order chi connectivity index (χ1) is 9.24. The van der Waals surface area contributed by atoms with Gasteiger partial charge in [0.25, 0.3) is 5.56 Å². The Labute approximate surface area is 108 Å². The fourth-order valence-corrected chi connectivity index (χ4v) is 1.83. The fourth-order valence-electron chi connectivity index (χ4n) is 1.83. The zero-order valence-electron chi connectivity index (χ0n) is 9.88. The van der Waals surface area contributed by atoms with Gasteiger partial charge in [-0.1, -0.05) is 30.3 Å². The van der Waals surface area contributed by atoms with Crippen molar-refractivity contribution >= 4 is 0 Å². The molecule has 3 aromatic rings. The molecule has 0 aliphatic heterocycles. The number of aromatic nitrogens is 3. The third kappa shape index (κ3) is 2.18. The highest BCUT2D eigenvalue weighted by atomic mass is 19.1. The predicted molar refractivity (Wildman–Crippen MR) is 69.6 cm³/mol. The van der Waals surface area contributed by atoms with Crippen molar-refractivity contribution in [3.63, 3.8) is 0 Å². The first-order valence-electron chi connectivity index (χ1n) is 5.73. The quantitative estimate of drug-likeness (QED) is 0.764. The van der Waals surface area contributed by atoms with E-state index in [1.54, 1.807) is 0 Å². The van der Waals surface area contributed by atoms with E-state index in [1.807, 2.05) is 30.3 Å². The van der Waals surface area contributed by atoms with Crippen molar-refractivity contribution in [3.8, 4) is 17.1 Å². The minimum Gasteiger partial charge on any atom is -0.289 e. The summed E-state index contributed by atoms with van der Waals surface area (Å²) in [6.07, 6.45) is 1.07. The lowest BCUT2D eigenvalue weighted by Crippen LogP contribution is -2.14. The minimum absolute atomic E-state index is 0.238. The zero-order valence-corrected chi connectivity index (χ0v) is 9.88. The summed E-state index contributed by atoms with van der Waals surface area (Å²) in [4.78, 5) is 15.8. The van der Waals surface area contributed by atoms with Crippen molar-refractivity contribution in [2.75, 3.05) is 0 Å². The van der Waals surface area contributed by atoms with Gasteiger partial charge in [-0.15, -0.1) is 0 Å². The summed E-state index contributed by atoms with van der Waals surface area (Å²) in [5.74, 6) is -0.0831. The minimum atomic E-state index is -0.438. The molecule has 3 rings (SSSR count). The van der Waals surface area contributed by atoms with Crippen LogP contribution in [0.4, 0.5) is 4.39 Å². The van der Waals surface area contributed by atoms with Crippen LogP contribution >= 0.6 is 0 Å². The molecule has 5 heteroatoms. The lowest BCUT2D eigenvalue weighted by atomic mass is 10.2. The summed E-state index contributed by atoms with van der Waals surface area (Å²) in [5.41, 5.74) is 1.36. The van der Waals surface area contributed by atoms with Crippen molar-refractivity contribution in [1.82, 2.24) is 14.8 Å². The Morgan fingerprint density at radius 1 is 1.11 bits per heavy atom. The molecule has 0 bridgehead atoms. The maximum Gasteiger partial charge on any atom is 0.273 e. The SMILES string of the molecule is O=c1cc(-c2ccccc2)[nH]n1-c1ccc(F)cn1. The maximum absolute atomic E-state index is 12.8. The molecule has 94 valence electrons. The van der Waals surface area contributed by atoms with Crippen LogP contribution in [0.15, 0.2) is 59.5 Å². The van der Waals surface area contributed by atoms with Crippen LogP contribution in [0.3, 0.4) is 0 Å². The first kappa shape index (κ1) is 11.4. The van der Waals surface area contributed by atoms with Gasteiger partial charge in [-0.3, -0.25) is 9.89 Å². The van der Waals surface area contributed by atoms with Gasteiger partial charge < -0.3 is 0 Å². The van der Waals surface area contributed by atoms with Crippen LogP contribution < -0.4 is 5.56 Å². The maximum atomic E-state index is 12.8. The molecular formula is C14H10FN3O. The van der Waals surface area contributed by atoms with Gasteiger partial charge in [-0.25, -0.2) is 14.1 Å². The van der Waals surface area contributed by atoms with E-state index in [1.165, 1.54) is 22.9 Å². The number of hydrogen-bond acceptors (Lipinski definition) is 2. The molecule has 0 aliphatic rings. The van der Waals surface area contributed by atoms with Crippen molar-refractivity contribution in [2.24, 2.45) is 0 Å². The summed E-state index contributed by atoms with van der Waals surface area (Å²) in [7, 11) is 0. The van der Waals surface area contributed by atoms with Crippen LogP contribution in [-0.4, -0.2) is 14.8 Å². The molecule has 0 amide bonds. The summed E-state index contributed by atoms with van der Waals surface area (Å²) in [6.45, 7) is 0. The van der Waals surface area contributed by atoms with Gasteiger partial charge in [0.2, 0.25) is 0 Å². The smallest absolute Gasteiger partial charge is 0.273 e. The molecule has 0 atom stereocenters. The largest absolute Gasteiger partial charge is 0.289 e. The predicted octanol–water partition coefficient (Wildman–Crippen LogP) is 2.37. The number of aromatic amines is 1. The second kappa shape index (κ2) is 4.53. The van der Waals surface area contributed by atoms with E-state index in [4.69, 9.17) is 0 Å². The third-order valence-corrected chi connectivity index (χ3v) is 2.75. The van der Waals surface area contributed by atoms with E-state index in [0.29, 0.717) is 11.5 Å². The van der Waals surface area contributed by atoms with Crippen LogP contribution in [0.2, 0.25) is 0 Å². The Kier molecular flexibility index (Phi) is 2.72. The van der Waals surface area contributed by atoms with Crippen molar-refractivity contribution in [3.05, 3.63) is 70.9 Å². The van der Waals surface area contributed by atoms with E-state index >= 15 is 0 Å². The standard InChI is InChI=1S/C14H10FN3O/c15-11-6-7-13(16-9-11)18-14(19)8-12(17-18)10-4-2-1-3-5-10/h1-9,17H. The van der Waals surface area contributed by atoms with Gasteiger partial charge in [0.15, 0.2) is 5.82 Å². The molecule has 0 fully saturated rings. The molecule has 1 N–H and O–H groups in total. The Morgan fingerprint density at radius 2 is 1.89 bits per heavy atom. The van der Waals surface area contributed by atoms with Gasteiger partial charge in [0.05, 0.1) is 11.9 Å². The number of H-pyrrole nitrogens is 1. The van der Waals surface area contributed by atoms with Gasteiger partial charge in [-0.2, -0.15) is 0 Å². The molecule has 0 spiro atoms. The first-order valence-corrected chi connectivity index (χ1v) is 5.73.